The molecule has 0 aromatic heterocycles. The first-order valence-electron chi connectivity index (χ1n) is 7.67. The van der Waals surface area contributed by atoms with Gasteiger partial charge in [-0.15, -0.1) is 0 Å². The number of phenols is 1. The number of allylic oxidation sites excluding steroid dienone is 2. The van der Waals surface area contributed by atoms with E-state index in [1.807, 2.05) is 6.07 Å². The van der Waals surface area contributed by atoms with Crippen molar-refractivity contribution in [2.24, 2.45) is 11.3 Å². The van der Waals surface area contributed by atoms with E-state index in [1.165, 1.54) is 16.7 Å². The first-order valence-corrected chi connectivity index (χ1v) is 7.67. The van der Waals surface area contributed by atoms with Crippen molar-refractivity contribution in [1.29, 1.82) is 0 Å². The molecule has 0 spiro atoms. The van der Waals surface area contributed by atoms with Crippen molar-refractivity contribution < 1.29 is 9.90 Å². The highest BCUT2D eigenvalue weighted by atomic mass is 16.3. The van der Waals surface area contributed by atoms with Crippen LogP contribution in [0.2, 0.25) is 0 Å². The topological polar surface area (TPSA) is 37.3 Å². The Kier molecular flexibility index (Phi) is 2.42. The number of carbonyl (C=O) groups excluding carboxylic acids is 1. The van der Waals surface area contributed by atoms with Crippen LogP contribution in [0.3, 0.4) is 0 Å². The van der Waals surface area contributed by atoms with Gasteiger partial charge in [0, 0.05) is 11.8 Å². The number of ketones is 1. The Morgan fingerprint density at radius 3 is 2.90 bits per heavy atom. The average Bonchev–Trinajstić information content (AvgIpc) is 2.74. The lowest BCUT2D eigenvalue weighted by Crippen LogP contribution is -2.34. The summed E-state index contributed by atoms with van der Waals surface area (Å²) in [5, 5.41) is 9.65. The quantitative estimate of drug-likeness (QED) is 0.775. The molecule has 1 aromatic carbocycles. The Morgan fingerprint density at radius 2 is 2.05 bits per heavy atom. The third-order valence-corrected chi connectivity index (χ3v) is 5.85. The highest BCUT2D eigenvalue weighted by Crippen LogP contribution is 2.56. The number of hydrogen-bond donors (Lipinski definition) is 1. The third kappa shape index (κ3) is 1.48. The summed E-state index contributed by atoms with van der Waals surface area (Å²) in [7, 11) is 0. The Labute approximate surface area is 119 Å². The van der Waals surface area contributed by atoms with Gasteiger partial charge in [-0.2, -0.15) is 0 Å². The number of aromatic hydroxyl groups is 1. The molecule has 0 saturated heterocycles. The molecule has 0 radical (unpaired) electrons. The first kappa shape index (κ1) is 12.2. The predicted octanol–water partition coefficient (Wildman–Crippen LogP) is 3.87. The molecule has 0 aliphatic heterocycles. The van der Waals surface area contributed by atoms with Crippen molar-refractivity contribution in [3.63, 3.8) is 0 Å². The molecule has 1 N–H and O–H groups in total. The summed E-state index contributed by atoms with van der Waals surface area (Å²) >= 11 is 0. The number of phenolic OH excluding ortho intramolecular Hbond substituents is 1. The van der Waals surface area contributed by atoms with E-state index in [9.17, 15) is 9.90 Å². The number of benzene rings is 1. The van der Waals surface area contributed by atoms with Gasteiger partial charge >= 0.3 is 0 Å². The maximum absolute atomic E-state index is 12.2. The zero-order valence-electron chi connectivity index (χ0n) is 11.9. The van der Waals surface area contributed by atoms with Gasteiger partial charge in [-0.25, -0.2) is 0 Å². The number of rotatable bonds is 0. The van der Waals surface area contributed by atoms with Gasteiger partial charge in [0.25, 0.3) is 0 Å². The van der Waals surface area contributed by atoms with Gasteiger partial charge in [0.1, 0.15) is 11.5 Å². The molecule has 0 heterocycles. The summed E-state index contributed by atoms with van der Waals surface area (Å²) < 4.78 is 0. The molecule has 0 amide bonds. The van der Waals surface area contributed by atoms with E-state index >= 15 is 0 Å². The van der Waals surface area contributed by atoms with Crippen LogP contribution in [0.25, 0.3) is 5.57 Å². The average molecular weight is 268 g/mol. The fraction of sp³-hybridized carbons (Fsp3) is 0.500. The van der Waals surface area contributed by atoms with Gasteiger partial charge in [-0.3, -0.25) is 4.79 Å². The van der Waals surface area contributed by atoms with E-state index in [0.29, 0.717) is 17.5 Å². The molecule has 2 atom stereocenters. The fourth-order valence-electron chi connectivity index (χ4n) is 4.69. The fourth-order valence-corrected chi connectivity index (χ4v) is 4.69. The Hall–Kier alpha value is -1.57. The van der Waals surface area contributed by atoms with Crippen molar-refractivity contribution in [1.82, 2.24) is 0 Å². The van der Waals surface area contributed by atoms with Crippen LogP contribution in [0.4, 0.5) is 0 Å². The molecule has 2 heteroatoms. The van der Waals surface area contributed by atoms with Crippen molar-refractivity contribution in [2.45, 2.75) is 45.4 Å². The molecule has 4 rings (SSSR count). The number of aryl methyl sites for hydroxylation is 1. The second-order valence-corrected chi connectivity index (χ2v) is 6.78. The van der Waals surface area contributed by atoms with Crippen LogP contribution in [-0.2, 0) is 11.2 Å². The second kappa shape index (κ2) is 3.97. The van der Waals surface area contributed by atoms with Crippen LogP contribution >= 0.6 is 0 Å². The van der Waals surface area contributed by atoms with E-state index in [0.717, 1.165) is 38.5 Å². The van der Waals surface area contributed by atoms with Crippen LogP contribution in [-0.4, -0.2) is 10.9 Å². The van der Waals surface area contributed by atoms with Gasteiger partial charge < -0.3 is 5.11 Å². The van der Waals surface area contributed by atoms with Crippen molar-refractivity contribution >= 4 is 11.4 Å². The molecule has 2 nitrogen and oxygen atoms in total. The summed E-state index contributed by atoms with van der Waals surface area (Å²) in [6.45, 7) is 2.18. The summed E-state index contributed by atoms with van der Waals surface area (Å²) in [6, 6.07) is 5.77. The summed E-state index contributed by atoms with van der Waals surface area (Å²) in [6.07, 6.45) is 5.89. The van der Waals surface area contributed by atoms with Gasteiger partial charge in [-0.1, -0.05) is 18.6 Å². The van der Waals surface area contributed by atoms with Crippen molar-refractivity contribution in [3.05, 3.63) is 34.9 Å². The van der Waals surface area contributed by atoms with E-state index < -0.39 is 0 Å². The molecule has 20 heavy (non-hydrogen) atoms. The van der Waals surface area contributed by atoms with Gasteiger partial charge in [0.05, 0.1) is 0 Å². The minimum atomic E-state index is -0.0900. The van der Waals surface area contributed by atoms with Crippen LogP contribution in [0.5, 0.6) is 5.75 Å². The molecule has 1 aromatic rings. The smallest absolute Gasteiger partial charge is 0.139 e. The van der Waals surface area contributed by atoms with Crippen molar-refractivity contribution in [3.8, 4) is 5.75 Å². The van der Waals surface area contributed by atoms with Crippen LogP contribution < -0.4 is 0 Å². The van der Waals surface area contributed by atoms with E-state index in [4.69, 9.17) is 0 Å². The Bertz CT molecular complexity index is 641. The highest BCUT2D eigenvalue weighted by Gasteiger charge is 2.50. The molecule has 0 bridgehead atoms. The number of Topliss-reactive ketones (excluding diaryl/α,β-unsaturated/α-hetero) is 1. The lowest BCUT2D eigenvalue weighted by Gasteiger charge is -2.40. The highest BCUT2D eigenvalue weighted by molar-refractivity contribution is 5.90. The van der Waals surface area contributed by atoms with Crippen LogP contribution in [0.1, 0.15) is 50.2 Å². The predicted molar refractivity (Wildman–Crippen MR) is 78.4 cm³/mol. The molecular weight excluding hydrogens is 248 g/mol. The monoisotopic (exact) mass is 268 g/mol. The standard InChI is InChI=1S/C18H20O2/c1-18-9-8-14-13-5-3-12(19)10-11(13)2-4-15(14)16(18)6-7-17(18)20/h3,5,10,16,19H,2,4,6-9H2,1H3/t16-,18-/m0/s1. The van der Waals surface area contributed by atoms with E-state index in [1.54, 1.807) is 11.6 Å². The summed E-state index contributed by atoms with van der Waals surface area (Å²) in [4.78, 5) is 12.2. The molecule has 3 aliphatic carbocycles. The summed E-state index contributed by atoms with van der Waals surface area (Å²) in [5.74, 6) is 1.32. The van der Waals surface area contributed by atoms with Gasteiger partial charge in [0.2, 0.25) is 0 Å². The number of fused-ring (bicyclic) bond motifs is 4. The number of hydrogen-bond acceptors (Lipinski definition) is 2. The zero-order chi connectivity index (χ0) is 13.9. The molecular formula is C18H20O2. The lowest BCUT2D eigenvalue weighted by atomic mass is 9.63. The molecule has 1 saturated carbocycles. The Balaban J connectivity index is 1.85. The molecule has 1 fully saturated rings. The van der Waals surface area contributed by atoms with Gasteiger partial charge in [0.15, 0.2) is 0 Å². The SMILES string of the molecule is C[C@]12CCC3=C(CCc4cc(O)ccc43)[C@@H]1CCC2=O. The maximum atomic E-state index is 12.2. The minimum absolute atomic E-state index is 0.0900. The van der Waals surface area contributed by atoms with Crippen molar-refractivity contribution in [2.75, 3.05) is 0 Å². The van der Waals surface area contributed by atoms with E-state index in [-0.39, 0.29) is 5.41 Å². The van der Waals surface area contributed by atoms with Gasteiger partial charge in [-0.05, 0) is 66.9 Å². The molecule has 3 aliphatic rings. The number of carbonyl (C=O) groups is 1. The van der Waals surface area contributed by atoms with E-state index in [2.05, 4.69) is 13.0 Å². The molecule has 0 unspecified atom stereocenters. The van der Waals surface area contributed by atoms with Crippen LogP contribution in [0.15, 0.2) is 23.8 Å². The Morgan fingerprint density at radius 1 is 1.20 bits per heavy atom. The molecule has 104 valence electrons. The summed E-state index contributed by atoms with van der Waals surface area (Å²) in [5.41, 5.74) is 5.53. The lowest BCUT2D eigenvalue weighted by molar-refractivity contribution is -0.126. The minimum Gasteiger partial charge on any atom is -0.508 e. The third-order valence-electron chi connectivity index (χ3n) is 5.85. The largest absolute Gasteiger partial charge is 0.508 e. The first-order chi connectivity index (χ1) is 9.59. The normalized spacial score (nSPS) is 31.9. The second-order valence-electron chi connectivity index (χ2n) is 6.78. The van der Waals surface area contributed by atoms with Crippen LogP contribution in [0, 0.1) is 11.3 Å². The maximum Gasteiger partial charge on any atom is 0.139 e. The zero-order valence-corrected chi connectivity index (χ0v) is 11.9.